The van der Waals surface area contributed by atoms with E-state index >= 15 is 0 Å². The third kappa shape index (κ3) is 5.48. The molecule has 0 amide bonds. The first-order valence-electron chi connectivity index (χ1n) is 7.98. The van der Waals surface area contributed by atoms with Crippen LogP contribution in [0.2, 0.25) is 0 Å². The lowest BCUT2D eigenvalue weighted by Gasteiger charge is -2.40. The molecule has 0 N–H and O–H groups in total. The molecule has 0 aromatic carbocycles. The molecule has 122 valence electrons. The molecule has 0 saturated carbocycles. The van der Waals surface area contributed by atoms with Gasteiger partial charge in [-0.2, -0.15) is 0 Å². The van der Waals surface area contributed by atoms with Gasteiger partial charge in [0.05, 0.1) is 12.2 Å². The summed E-state index contributed by atoms with van der Waals surface area (Å²) in [6.45, 7) is 10.9. The van der Waals surface area contributed by atoms with Crippen molar-refractivity contribution in [2.24, 2.45) is 5.92 Å². The van der Waals surface area contributed by atoms with Gasteiger partial charge in [0.15, 0.2) is 0 Å². The molecule has 0 aliphatic heterocycles. The maximum atomic E-state index is 12.7. The minimum absolute atomic E-state index is 0.357. The zero-order chi connectivity index (χ0) is 15.6. The van der Waals surface area contributed by atoms with Gasteiger partial charge in [-0.05, 0) is 25.2 Å². The van der Waals surface area contributed by atoms with Crippen molar-refractivity contribution >= 4 is 7.82 Å². The zero-order valence-corrected chi connectivity index (χ0v) is 15.0. The van der Waals surface area contributed by atoms with Crippen molar-refractivity contribution in [3.8, 4) is 0 Å². The Morgan fingerprint density at radius 2 is 1.60 bits per heavy atom. The predicted molar refractivity (Wildman–Crippen MR) is 83.9 cm³/mol. The van der Waals surface area contributed by atoms with Crippen molar-refractivity contribution in [2.75, 3.05) is 13.7 Å². The number of phosphoric ester groups is 1. The van der Waals surface area contributed by atoms with Crippen molar-refractivity contribution in [3.63, 3.8) is 0 Å². The van der Waals surface area contributed by atoms with Crippen molar-refractivity contribution in [1.29, 1.82) is 0 Å². The van der Waals surface area contributed by atoms with Gasteiger partial charge in [0.2, 0.25) is 0 Å². The molecule has 0 spiro atoms. The summed E-state index contributed by atoms with van der Waals surface area (Å²) in [7, 11) is -2.07. The van der Waals surface area contributed by atoms with Gasteiger partial charge in [0.25, 0.3) is 0 Å². The molecule has 0 saturated heterocycles. The van der Waals surface area contributed by atoms with Gasteiger partial charge in [0.1, 0.15) is 0 Å². The van der Waals surface area contributed by atoms with Crippen molar-refractivity contribution in [1.82, 2.24) is 0 Å². The number of phosphoric acid groups is 1. The molecule has 0 fully saturated rings. The summed E-state index contributed by atoms with van der Waals surface area (Å²) < 4.78 is 29.2. The fourth-order valence-corrected chi connectivity index (χ4v) is 4.16. The minimum atomic E-state index is -3.46. The quantitative estimate of drug-likeness (QED) is 0.349. The summed E-state index contributed by atoms with van der Waals surface area (Å²) in [6.07, 6.45) is 5.45. The van der Waals surface area contributed by atoms with Crippen molar-refractivity contribution in [2.45, 2.75) is 78.7 Å². The van der Waals surface area contributed by atoms with E-state index in [1.54, 1.807) is 0 Å². The lowest BCUT2D eigenvalue weighted by Crippen LogP contribution is -2.39. The van der Waals surface area contributed by atoms with E-state index in [0.717, 1.165) is 38.5 Å². The fourth-order valence-electron chi connectivity index (χ4n) is 2.72. The molecule has 0 aliphatic carbocycles. The Bertz CT molecular complexity index is 286. The Hall–Kier alpha value is 0.110. The van der Waals surface area contributed by atoms with Crippen LogP contribution in [0.5, 0.6) is 0 Å². The molecule has 0 rings (SSSR count). The van der Waals surface area contributed by atoms with Gasteiger partial charge in [-0.15, -0.1) is 0 Å². The first kappa shape index (κ1) is 20.1. The van der Waals surface area contributed by atoms with Crippen LogP contribution in [-0.2, 0) is 18.1 Å². The van der Waals surface area contributed by atoms with E-state index in [1.807, 2.05) is 0 Å². The summed E-state index contributed by atoms with van der Waals surface area (Å²) in [6, 6.07) is 0. The van der Waals surface area contributed by atoms with Gasteiger partial charge in [0, 0.05) is 7.11 Å². The minimum Gasteiger partial charge on any atom is -0.290 e. The second kappa shape index (κ2) is 9.94. The number of rotatable bonds is 12. The first-order chi connectivity index (χ1) is 9.47. The Morgan fingerprint density at radius 1 is 1.05 bits per heavy atom. The smallest absolute Gasteiger partial charge is 0.290 e. The van der Waals surface area contributed by atoms with E-state index in [4.69, 9.17) is 13.6 Å². The van der Waals surface area contributed by atoms with E-state index in [1.165, 1.54) is 7.11 Å². The Balaban J connectivity index is 5.05. The average molecular weight is 308 g/mol. The lowest BCUT2D eigenvalue weighted by atomic mass is 9.80. The van der Waals surface area contributed by atoms with Crippen LogP contribution in [0.25, 0.3) is 0 Å². The van der Waals surface area contributed by atoms with E-state index in [9.17, 15) is 4.57 Å². The maximum absolute atomic E-state index is 12.7. The van der Waals surface area contributed by atoms with E-state index in [0.29, 0.717) is 12.5 Å². The summed E-state index contributed by atoms with van der Waals surface area (Å²) in [4.78, 5) is 0. The van der Waals surface area contributed by atoms with Crippen LogP contribution >= 0.6 is 7.82 Å². The number of hydrogen-bond donors (Lipinski definition) is 0. The maximum Gasteiger partial charge on any atom is 0.475 e. The van der Waals surface area contributed by atoms with Gasteiger partial charge in [-0.3, -0.25) is 13.6 Å². The number of unbranched alkanes of at least 4 members (excludes halogenated alkanes) is 1. The van der Waals surface area contributed by atoms with Crippen LogP contribution in [-0.4, -0.2) is 19.3 Å². The molecule has 0 bridgehead atoms. The normalized spacial score (nSPS) is 15.6. The monoisotopic (exact) mass is 308 g/mol. The molecule has 0 heterocycles. The van der Waals surface area contributed by atoms with Crippen molar-refractivity contribution in [3.05, 3.63) is 0 Å². The molecule has 20 heavy (non-hydrogen) atoms. The van der Waals surface area contributed by atoms with Crippen molar-refractivity contribution < 1.29 is 18.1 Å². The van der Waals surface area contributed by atoms with Gasteiger partial charge in [-0.25, -0.2) is 4.57 Å². The SMILES string of the molecule is CCCCOP(=O)(OC)OC(CC)(CC)C(CC)CC. The van der Waals surface area contributed by atoms with Crippen LogP contribution in [0.1, 0.15) is 73.1 Å². The van der Waals surface area contributed by atoms with Gasteiger partial charge in [-0.1, -0.05) is 53.9 Å². The van der Waals surface area contributed by atoms with E-state index in [-0.39, 0.29) is 0 Å². The first-order valence-corrected chi connectivity index (χ1v) is 9.44. The summed E-state index contributed by atoms with van der Waals surface area (Å²) in [5.41, 5.74) is -0.429. The zero-order valence-electron chi connectivity index (χ0n) is 14.1. The third-order valence-electron chi connectivity index (χ3n) is 4.19. The topological polar surface area (TPSA) is 44.8 Å². The Morgan fingerprint density at radius 3 is 1.95 bits per heavy atom. The van der Waals surface area contributed by atoms with E-state index in [2.05, 4.69) is 34.6 Å². The van der Waals surface area contributed by atoms with Crippen LogP contribution in [0.3, 0.4) is 0 Å². The predicted octanol–water partition coefficient (Wildman–Crippen LogP) is 5.57. The highest BCUT2D eigenvalue weighted by atomic mass is 31.2. The third-order valence-corrected chi connectivity index (χ3v) is 5.72. The molecule has 1 atom stereocenters. The summed E-state index contributed by atoms with van der Waals surface area (Å²) >= 11 is 0. The van der Waals surface area contributed by atoms with Crippen LogP contribution in [0.4, 0.5) is 0 Å². The van der Waals surface area contributed by atoms with Crippen LogP contribution < -0.4 is 0 Å². The largest absolute Gasteiger partial charge is 0.475 e. The summed E-state index contributed by atoms with van der Waals surface area (Å²) in [5, 5.41) is 0. The van der Waals surface area contributed by atoms with E-state index < -0.39 is 13.4 Å². The standard InChI is InChI=1S/C15H33O4P/c1-7-12-13-18-20(16,17-6)19-15(10-4,11-5)14(8-2)9-3/h14H,7-13H2,1-6H3. The molecule has 0 aliphatic rings. The second-order valence-corrected chi connectivity index (χ2v) is 6.89. The second-order valence-electron chi connectivity index (χ2n) is 5.19. The van der Waals surface area contributed by atoms with Gasteiger partial charge >= 0.3 is 7.82 Å². The van der Waals surface area contributed by atoms with Crippen LogP contribution in [0.15, 0.2) is 0 Å². The molecule has 0 radical (unpaired) electrons. The highest BCUT2D eigenvalue weighted by Crippen LogP contribution is 2.55. The number of hydrogen-bond acceptors (Lipinski definition) is 4. The molecular weight excluding hydrogens is 275 g/mol. The molecule has 1 unspecified atom stereocenters. The molecule has 4 nitrogen and oxygen atoms in total. The van der Waals surface area contributed by atoms with Crippen LogP contribution in [0, 0.1) is 5.92 Å². The highest BCUT2D eigenvalue weighted by Gasteiger charge is 2.42. The summed E-state index contributed by atoms with van der Waals surface area (Å²) in [5.74, 6) is 0.357. The molecular formula is C15H33O4P. The average Bonchev–Trinajstić information content (AvgIpc) is 2.47. The Kier molecular flexibility index (Phi) is 10.00. The molecule has 0 aromatic heterocycles. The highest BCUT2D eigenvalue weighted by molar-refractivity contribution is 7.48. The van der Waals surface area contributed by atoms with Gasteiger partial charge < -0.3 is 0 Å². The Labute approximate surface area is 125 Å². The molecule has 5 heteroatoms. The fraction of sp³-hybridized carbons (Fsp3) is 1.00. The molecule has 0 aromatic rings. The lowest BCUT2D eigenvalue weighted by molar-refractivity contribution is -0.0374.